The van der Waals surface area contributed by atoms with E-state index in [0.29, 0.717) is 0 Å². The molecule has 0 aliphatic rings. The highest BCUT2D eigenvalue weighted by Gasteiger charge is 2.30. The van der Waals surface area contributed by atoms with Crippen LogP contribution in [0.4, 0.5) is 0 Å². The van der Waals surface area contributed by atoms with Crippen molar-refractivity contribution in [1.82, 2.24) is 4.65 Å². The van der Waals surface area contributed by atoms with Crippen molar-refractivity contribution in [2.24, 2.45) is 0 Å². The third kappa shape index (κ3) is 25.3. The first-order valence-electron chi connectivity index (χ1n) is 15.6. The van der Waals surface area contributed by atoms with E-state index in [1.807, 2.05) is 0 Å². The Labute approximate surface area is 214 Å². The van der Waals surface area contributed by atoms with E-state index in [1.165, 1.54) is 153 Å². The minimum Gasteiger partial charge on any atom is -0.359 e. The van der Waals surface area contributed by atoms with Crippen molar-refractivity contribution in [2.45, 2.75) is 193 Å². The van der Waals surface area contributed by atoms with E-state index in [9.17, 15) is 0 Å². The molecule has 0 bridgehead atoms. The minimum atomic E-state index is -1.22. The van der Waals surface area contributed by atoms with Crippen molar-refractivity contribution in [3.05, 3.63) is 0 Å². The van der Waals surface area contributed by atoms with Crippen LogP contribution in [0.2, 0.25) is 38.3 Å². The van der Waals surface area contributed by atoms with E-state index >= 15 is 0 Å². The van der Waals surface area contributed by atoms with Crippen molar-refractivity contribution in [3.63, 3.8) is 0 Å². The molecule has 0 saturated heterocycles. The van der Waals surface area contributed by atoms with Crippen molar-refractivity contribution in [2.75, 3.05) is 0 Å². The first-order valence-corrected chi connectivity index (χ1v) is 22.0. The molecule has 0 radical (unpaired) electrons. The van der Waals surface area contributed by atoms with Gasteiger partial charge >= 0.3 is 0 Å². The zero-order valence-electron chi connectivity index (χ0n) is 24.5. The van der Waals surface area contributed by atoms with E-state index in [4.69, 9.17) is 0 Å². The molecule has 0 amide bonds. The van der Waals surface area contributed by atoms with Crippen LogP contribution in [-0.4, -0.2) is 16.5 Å². The lowest BCUT2D eigenvalue weighted by atomic mass is 10.1. The third-order valence-corrected chi connectivity index (χ3v) is 16.1. The smallest absolute Gasteiger partial charge is 0.112 e. The second-order valence-corrected chi connectivity index (χ2v) is 22.0. The maximum atomic E-state index is 4.28. The molecule has 0 aromatic heterocycles. The largest absolute Gasteiger partial charge is 0.359 e. The average molecular weight is 498 g/mol. The third-order valence-electron chi connectivity index (χ3n) is 7.49. The Morgan fingerprint density at radius 3 is 0.788 bits per heavy atom. The van der Waals surface area contributed by atoms with Gasteiger partial charge in [-0.25, -0.2) is 0 Å². The number of hydrogen-bond donors (Lipinski definition) is 1. The van der Waals surface area contributed by atoms with Gasteiger partial charge in [-0.3, -0.25) is 0 Å². The molecule has 0 aliphatic carbocycles. The molecule has 33 heavy (non-hydrogen) atoms. The zero-order chi connectivity index (χ0) is 24.7. The molecular weight excluding hydrogens is 431 g/mol. The Bertz CT molecular complexity index is 359. The highest BCUT2D eigenvalue weighted by Crippen LogP contribution is 2.21. The maximum absolute atomic E-state index is 4.28. The Morgan fingerprint density at radius 1 is 0.333 bits per heavy atom. The van der Waals surface area contributed by atoms with Crippen LogP contribution in [0.15, 0.2) is 0 Å². The molecule has 3 heteroatoms. The second-order valence-electron chi connectivity index (χ2n) is 12.5. The molecular formula is C30H67NSi2. The summed E-state index contributed by atoms with van der Waals surface area (Å²) in [6, 6.07) is 2.97. The van der Waals surface area contributed by atoms with Crippen LogP contribution < -0.4 is 4.65 Å². The SMILES string of the molecule is CCCCCCCCCCCCC[Si](C)(C)N[Si](C)(C)CCCCCCCCCCCCC. The van der Waals surface area contributed by atoms with Gasteiger partial charge < -0.3 is 4.65 Å². The average Bonchev–Trinajstić information content (AvgIpc) is 2.75. The van der Waals surface area contributed by atoms with Gasteiger partial charge in [0.1, 0.15) is 16.5 Å². The second kappa shape index (κ2) is 22.8. The summed E-state index contributed by atoms with van der Waals surface area (Å²) in [7, 11) is -2.44. The van der Waals surface area contributed by atoms with Gasteiger partial charge in [-0.1, -0.05) is 181 Å². The van der Waals surface area contributed by atoms with Crippen LogP contribution >= 0.6 is 0 Å². The zero-order valence-corrected chi connectivity index (χ0v) is 26.5. The fourth-order valence-corrected chi connectivity index (χ4v) is 16.1. The molecule has 1 N–H and O–H groups in total. The fraction of sp³-hybridized carbons (Fsp3) is 1.00. The fourth-order valence-electron chi connectivity index (χ4n) is 5.50. The Balaban J connectivity index is 3.62. The van der Waals surface area contributed by atoms with Crippen molar-refractivity contribution in [3.8, 4) is 0 Å². The summed E-state index contributed by atoms with van der Waals surface area (Å²) in [5.41, 5.74) is 0. The quantitative estimate of drug-likeness (QED) is 0.0925. The van der Waals surface area contributed by atoms with Crippen LogP contribution in [0.1, 0.15) is 155 Å². The summed E-state index contributed by atoms with van der Waals surface area (Å²) in [6.07, 6.45) is 32.1. The van der Waals surface area contributed by atoms with Gasteiger partial charge in [0.25, 0.3) is 0 Å². The first-order chi connectivity index (χ1) is 15.8. The molecule has 0 fully saturated rings. The van der Waals surface area contributed by atoms with Gasteiger partial charge in [-0.2, -0.15) is 0 Å². The monoisotopic (exact) mass is 497 g/mol. The molecule has 0 aromatic rings. The predicted molar refractivity (Wildman–Crippen MR) is 161 cm³/mol. The lowest BCUT2D eigenvalue weighted by Crippen LogP contribution is -2.58. The summed E-state index contributed by atoms with van der Waals surface area (Å²) in [4.78, 5) is 0. The van der Waals surface area contributed by atoms with E-state index < -0.39 is 16.5 Å². The van der Waals surface area contributed by atoms with Crippen LogP contribution in [0.3, 0.4) is 0 Å². The van der Waals surface area contributed by atoms with Crippen LogP contribution in [0, 0.1) is 0 Å². The van der Waals surface area contributed by atoms with Gasteiger partial charge in [-0.05, 0) is 12.1 Å². The minimum absolute atomic E-state index is 1.22. The summed E-state index contributed by atoms with van der Waals surface area (Å²) in [5.74, 6) is 0. The molecule has 0 aromatic carbocycles. The highest BCUT2D eigenvalue weighted by molar-refractivity contribution is 6.91. The Hall–Kier alpha value is 0.394. The Morgan fingerprint density at radius 2 is 0.545 bits per heavy atom. The number of rotatable bonds is 26. The van der Waals surface area contributed by atoms with Gasteiger partial charge in [0, 0.05) is 0 Å². The first kappa shape index (κ1) is 33.4. The molecule has 0 saturated carbocycles. The van der Waals surface area contributed by atoms with Crippen molar-refractivity contribution < 1.29 is 0 Å². The molecule has 200 valence electrons. The number of nitrogens with one attached hydrogen (secondary N) is 1. The maximum Gasteiger partial charge on any atom is 0.112 e. The lowest BCUT2D eigenvalue weighted by molar-refractivity contribution is 0.553. The van der Waals surface area contributed by atoms with Gasteiger partial charge in [0.05, 0.1) is 0 Å². The van der Waals surface area contributed by atoms with Gasteiger partial charge in [-0.15, -0.1) is 0 Å². The molecule has 0 atom stereocenters. The molecule has 0 unspecified atom stereocenters. The van der Waals surface area contributed by atoms with Gasteiger partial charge in [0.2, 0.25) is 0 Å². The van der Waals surface area contributed by atoms with Crippen molar-refractivity contribution >= 4 is 16.5 Å². The topological polar surface area (TPSA) is 12.0 Å². The van der Waals surface area contributed by atoms with E-state index in [0.717, 1.165) is 0 Å². The van der Waals surface area contributed by atoms with E-state index in [2.05, 4.69) is 44.7 Å². The molecule has 0 heterocycles. The lowest BCUT2D eigenvalue weighted by Gasteiger charge is -2.35. The van der Waals surface area contributed by atoms with Crippen LogP contribution in [0.25, 0.3) is 0 Å². The number of unbranched alkanes of at least 4 members (excludes halogenated alkanes) is 20. The van der Waals surface area contributed by atoms with Crippen LogP contribution in [0.5, 0.6) is 0 Å². The standard InChI is InChI=1S/C30H67NSi2/c1-7-9-11-13-15-17-19-21-23-25-27-29-32(3,4)31-33(5,6)30-28-26-24-22-20-18-16-14-12-10-8-2/h31H,7-30H2,1-6H3. The van der Waals surface area contributed by atoms with E-state index in [-0.39, 0.29) is 0 Å². The van der Waals surface area contributed by atoms with Crippen molar-refractivity contribution in [1.29, 1.82) is 0 Å². The molecule has 1 nitrogen and oxygen atoms in total. The normalized spacial score (nSPS) is 12.5. The van der Waals surface area contributed by atoms with Crippen LogP contribution in [-0.2, 0) is 0 Å². The summed E-state index contributed by atoms with van der Waals surface area (Å²) in [6.45, 7) is 15.0. The molecule has 0 rings (SSSR count). The molecule has 0 aliphatic heterocycles. The summed E-state index contributed by atoms with van der Waals surface area (Å²) >= 11 is 0. The van der Waals surface area contributed by atoms with E-state index in [1.54, 1.807) is 0 Å². The number of hydrogen-bond acceptors (Lipinski definition) is 1. The highest BCUT2D eigenvalue weighted by atomic mass is 28.4. The van der Waals surface area contributed by atoms with Gasteiger partial charge in [0.15, 0.2) is 0 Å². The predicted octanol–water partition coefficient (Wildman–Crippen LogP) is 11.6. The molecule has 0 spiro atoms. The summed E-state index contributed by atoms with van der Waals surface area (Å²) in [5, 5.41) is 0. The summed E-state index contributed by atoms with van der Waals surface area (Å²) < 4.78 is 4.28. The Kier molecular flexibility index (Phi) is 23.1.